The molecule has 1 N–H and O–H groups in total. The van der Waals surface area contributed by atoms with E-state index in [1.54, 1.807) is 11.3 Å². The second kappa shape index (κ2) is 5.75. The molecule has 0 aliphatic heterocycles. The van der Waals surface area contributed by atoms with Crippen molar-refractivity contribution in [3.05, 3.63) is 26.1 Å². The lowest BCUT2D eigenvalue weighted by Gasteiger charge is -2.12. The van der Waals surface area contributed by atoms with Gasteiger partial charge in [0.25, 0.3) is 0 Å². The molecule has 100 valence electrons. The third-order valence-electron chi connectivity index (χ3n) is 3.16. The summed E-state index contributed by atoms with van der Waals surface area (Å²) in [7, 11) is 0. The number of rotatable bonds is 5. The summed E-state index contributed by atoms with van der Waals surface area (Å²) in [6, 6.07) is 2.09. The molecule has 0 amide bonds. The molecule has 0 unspecified atom stereocenters. The highest BCUT2D eigenvalue weighted by molar-refractivity contribution is 14.1. The minimum Gasteiger partial charge on any atom is -0.369 e. The molecule has 3 rings (SSSR count). The van der Waals surface area contributed by atoms with Gasteiger partial charge in [-0.05, 0) is 53.3 Å². The zero-order valence-electron chi connectivity index (χ0n) is 10.8. The van der Waals surface area contributed by atoms with Crippen molar-refractivity contribution in [1.29, 1.82) is 0 Å². The first-order chi connectivity index (χ1) is 9.29. The van der Waals surface area contributed by atoms with E-state index in [2.05, 4.69) is 51.7 Å². The fourth-order valence-corrected chi connectivity index (χ4v) is 3.48. The maximum atomic E-state index is 4.79. The van der Waals surface area contributed by atoms with E-state index in [-0.39, 0.29) is 0 Å². The van der Waals surface area contributed by atoms with Crippen LogP contribution in [0.15, 0.2) is 16.8 Å². The third kappa shape index (κ3) is 2.91. The molecule has 0 spiro atoms. The molecule has 1 aliphatic carbocycles. The predicted octanol–water partition coefficient (Wildman–Crippen LogP) is 4.51. The maximum Gasteiger partial charge on any atom is 0.162 e. The Kier molecular flexibility index (Phi) is 4.02. The first kappa shape index (κ1) is 13.3. The molecule has 1 saturated carbocycles. The summed E-state index contributed by atoms with van der Waals surface area (Å²) in [4.78, 5) is 9.49. The van der Waals surface area contributed by atoms with Gasteiger partial charge in [-0.25, -0.2) is 9.97 Å². The van der Waals surface area contributed by atoms with Crippen LogP contribution in [-0.4, -0.2) is 16.5 Å². The number of aromatic nitrogens is 2. The Bertz CT molecular complexity index is 564. The monoisotopic (exact) mass is 385 g/mol. The zero-order chi connectivity index (χ0) is 13.2. The molecule has 2 heterocycles. The van der Waals surface area contributed by atoms with Crippen LogP contribution in [0.25, 0.3) is 11.4 Å². The SMILES string of the molecule is CCCNc1nc(-c2ccsc2)nc(C2CC2)c1I. The van der Waals surface area contributed by atoms with E-state index in [4.69, 9.17) is 9.97 Å². The maximum absolute atomic E-state index is 4.79. The molecule has 0 aromatic carbocycles. The molecule has 2 aromatic rings. The molecular weight excluding hydrogens is 369 g/mol. The predicted molar refractivity (Wildman–Crippen MR) is 88.8 cm³/mol. The topological polar surface area (TPSA) is 37.8 Å². The summed E-state index contributed by atoms with van der Waals surface area (Å²) in [5.74, 6) is 2.51. The fourth-order valence-electron chi connectivity index (χ4n) is 1.97. The summed E-state index contributed by atoms with van der Waals surface area (Å²) < 4.78 is 1.20. The number of halogens is 1. The molecule has 3 nitrogen and oxygen atoms in total. The minimum atomic E-state index is 0.648. The van der Waals surface area contributed by atoms with E-state index in [9.17, 15) is 0 Å². The van der Waals surface area contributed by atoms with Gasteiger partial charge in [-0.2, -0.15) is 11.3 Å². The Balaban J connectivity index is 2.02. The highest BCUT2D eigenvalue weighted by Gasteiger charge is 2.29. The summed E-state index contributed by atoms with van der Waals surface area (Å²) in [6.07, 6.45) is 3.64. The highest BCUT2D eigenvalue weighted by Crippen LogP contribution is 2.43. The lowest BCUT2D eigenvalue weighted by atomic mass is 10.2. The van der Waals surface area contributed by atoms with Crippen molar-refractivity contribution < 1.29 is 0 Å². The zero-order valence-corrected chi connectivity index (χ0v) is 13.8. The third-order valence-corrected chi connectivity index (χ3v) is 4.91. The van der Waals surface area contributed by atoms with Crippen molar-refractivity contribution in [3.8, 4) is 11.4 Å². The number of hydrogen-bond acceptors (Lipinski definition) is 4. The van der Waals surface area contributed by atoms with Crippen molar-refractivity contribution in [1.82, 2.24) is 9.97 Å². The van der Waals surface area contributed by atoms with Gasteiger partial charge in [-0.3, -0.25) is 0 Å². The fraction of sp³-hybridized carbons (Fsp3) is 0.429. The molecule has 1 fully saturated rings. The first-order valence-electron chi connectivity index (χ1n) is 6.63. The molecule has 0 bridgehead atoms. The van der Waals surface area contributed by atoms with Crippen LogP contribution in [0.4, 0.5) is 5.82 Å². The standard InChI is InChI=1S/C14H16IN3S/c1-2-6-16-14-11(15)12(9-3-4-9)17-13(18-14)10-5-7-19-8-10/h5,7-9H,2-4,6H2,1H3,(H,16,17,18). The Morgan fingerprint density at radius 2 is 2.26 bits per heavy atom. The van der Waals surface area contributed by atoms with E-state index in [0.717, 1.165) is 30.2 Å². The van der Waals surface area contributed by atoms with Crippen molar-refractivity contribution in [3.63, 3.8) is 0 Å². The van der Waals surface area contributed by atoms with E-state index >= 15 is 0 Å². The van der Waals surface area contributed by atoms with Gasteiger partial charge in [0.15, 0.2) is 5.82 Å². The molecule has 0 radical (unpaired) electrons. The van der Waals surface area contributed by atoms with Crippen LogP contribution in [0.1, 0.15) is 37.8 Å². The normalized spacial score (nSPS) is 14.6. The van der Waals surface area contributed by atoms with E-state index in [1.807, 2.05) is 0 Å². The molecule has 2 aromatic heterocycles. The van der Waals surface area contributed by atoms with Gasteiger partial charge in [-0.1, -0.05) is 6.92 Å². The minimum absolute atomic E-state index is 0.648. The van der Waals surface area contributed by atoms with Gasteiger partial charge in [0, 0.05) is 23.4 Å². The van der Waals surface area contributed by atoms with Crippen LogP contribution < -0.4 is 5.32 Å². The van der Waals surface area contributed by atoms with Crippen molar-refractivity contribution in [2.75, 3.05) is 11.9 Å². The summed E-state index contributed by atoms with van der Waals surface area (Å²) in [6.45, 7) is 3.13. The van der Waals surface area contributed by atoms with Gasteiger partial charge >= 0.3 is 0 Å². The highest BCUT2D eigenvalue weighted by atomic mass is 127. The van der Waals surface area contributed by atoms with Crippen molar-refractivity contribution >= 4 is 39.7 Å². The number of nitrogens with one attached hydrogen (secondary N) is 1. The molecular formula is C14H16IN3S. The lowest BCUT2D eigenvalue weighted by molar-refractivity contribution is 0.939. The molecule has 19 heavy (non-hydrogen) atoms. The molecule has 0 atom stereocenters. The van der Waals surface area contributed by atoms with Gasteiger partial charge < -0.3 is 5.32 Å². The molecule has 1 aliphatic rings. The van der Waals surface area contributed by atoms with Gasteiger partial charge in [-0.15, -0.1) is 0 Å². The second-order valence-corrected chi connectivity index (χ2v) is 6.67. The van der Waals surface area contributed by atoms with Crippen LogP contribution in [0.3, 0.4) is 0 Å². The summed E-state index contributed by atoms with van der Waals surface area (Å²) in [5, 5.41) is 7.62. The molecule has 0 saturated heterocycles. The largest absolute Gasteiger partial charge is 0.369 e. The summed E-state index contributed by atoms with van der Waals surface area (Å²) >= 11 is 4.08. The smallest absolute Gasteiger partial charge is 0.162 e. The quantitative estimate of drug-likeness (QED) is 0.770. The number of anilines is 1. The Hall–Kier alpha value is -0.690. The lowest BCUT2D eigenvalue weighted by Crippen LogP contribution is -2.08. The van der Waals surface area contributed by atoms with Crippen molar-refractivity contribution in [2.24, 2.45) is 0 Å². The van der Waals surface area contributed by atoms with Crippen LogP contribution in [0.5, 0.6) is 0 Å². The average molecular weight is 385 g/mol. The number of nitrogens with zero attached hydrogens (tertiary/aromatic N) is 2. The Labute approximate surface area is 131 Å². The van der Waals surface area contributed by atoms with E-state index < -0.39 is 0 Å². The first-order valence-corrected chi connectivity index (χ1v) is 8.65. The second-order valence-electron chi connectivity index (χ2n) is 4.81. The van der Waals surface area contributed by atoms with Crippen LogP contribution in [0.2, 0.25) is 0 Å². The Morgan fingerprint density at radius 3 is 2.89 bits per heavy atom. The van der Waals surface area contributed by atoms with E-state index in [1.165, 1.54) is 22.1 Å². The average Bonchev–Trinajstić information content (AvgIpc) is 3.11. The van der Waals surface area contributed by atoms with Gasteiger partial charge in [0.1, 0.15) is 5.82 Å². The summed E-state index contributed by atoms with van der Waals surface area (Å²) in [5.41, 5.74) is 2.36. The van der Waals surface area contributed by atoms with Crippen LogP contribution >= 0.6 is 33.9 Å². The van der Waals surface area contributed by atoms with Crippen LogP contribution in [0, 0.1) is 3.57 Å². The van der Waals surface area contributed by atoms with Gasteiger partial charge in [0.05, 0.1) is 9.26 Å². The Morgan fingerprint density at radius 1 is 1.42 bits per heavy atom. The van der Waals surface area contributed by atoms with Gasteiger partial charge in [0.2, 0.25) is 0 Å². The van der Waals surface area contributed by atoms with E-state index in [0.29, 0.717) is 5.92 Å². The van der Waals surface area contributed by atoms with Crippen molar-refractivity contribution in [2.45, 2.75) is 32.1 Å². The van der Waals surface area contributed by atoms with Crippen LogP contribution in [-0.2, 0) is 0 Å². The number of hydrogen-bond donors (Lipinski definition) is 1. The molecule has 5 heteroatoms. The number of thiophene rings is 1.